The summed E-state index contributed by atoms with van der Waals surface area (Å²) in [6.45, 7) is 6.69. The van der Waals surface area contributed by atoms with Crippen molar-refractivity contribution in [3.8, 4) is 0 Å². The third-order valence-corrected chi connectivity index (χ3v) is 14.3. The molecular formula is C63H120O6. The van der Waals surface area contributed by atoms with E-state index in [1.165, 1.54) is 257 Å². The summed E-state index contributed by atoms with van der Waals surface area (Å²) in [5, 5.41) is 0. The molecule has 6 heteroatoms. The Morgan fingerprint density at radius 3 is 0.725 bits per heavy atom. The molecule has 0 aromatic heterocycles. The second-order valence-corrected chi connectivity index (χ2v) is 21.3. The first kappa shape index (κ1) is 67.1. The van der Waals surface area contributed by atoms with E-state index in [9.17, 15) is 14.4 Å². The molecule has 0 aliphatic carbocycles. The summed E-state index contributed by atoms with van der Waals surface area (Å²) in [5.41, 5.74) is 0. The molecule has 0 bridgehead atoms. The molecule has 6 nitrogen and oxygen atoms in total. The largest absolute Gasteiger partial charge is 0.462 e. The monoisotopic (exact) mass is 973 g/mol. The standard InChI is InChI=1S/C63H120O6/c1-4-7-10-13-16-19-22-25-26-27-28-29-30-31-32-33-34-35-36-37-38-39-42-44-47-50-53-56-62(65)68-59-60(69-63(66)57-54-51-48-45-41-24-21-18-15-12-9-6-3)58-67-61(64)55-52-49-46-43-40-23-20-17-14-11-8-5-2/h27-28,60H,4-26,29-59H2,1-3H3/b28-27-. The van der Waals surface area contributed by atoms with Gasteiger partial charge in [-0.1, -0.05) is 303 Å². The van der Waals surface area contributed by atoms with Gasteiger partial charge in [0.25, 0.3) is 0 Å². The maximum Gasteiger partial charge on any atom is 0.306 e. The van der Waals surface area contributed by atoms with Gasteiger partial charge in [0, 0.05) is 19.3 Å². The predicted octanol–water partition coefficient (Wildman–Crippen LogP) is 20.9. The second kappa shape index (κ2) is 58.7. The Balaban J connectivity index is 4.11. The van der Waals surface area contributed by atoms with Gasteiger partial charge in [-0.3, -0.25) is 14.4 Å². The van der Waals surface area contributed by atoms with Crippen molar-refractivity contribution in [3.63, 3.8) is 0 Å². The van der Waals surface area contributed by atoms with E-state index in [1.807, 2.05) is 0 Å². The molecule has 0 saturated carbocycles. The van der Waals surface area contributed by atoms with Gasteiger partial charge in [-0.15, -0.1) is 0 Å². The van der Waals surface area contributed by atoms with E-state index in [4.69, 9.17) is 14.2 Å². The number of esters is 3. The van der Waals surface area contributed by atoms with Gasteiger partial charge in [0.2, 0.25) is 0 Å². The number of hydrogen-bond acceptors (Lipinski definition) is 6. The number of ether oxygens (including phenoxy) is 3. The summed E-state index contributed by atoms with van der Waals surface area (Å²) < 4.78 is 16.9. The molecule has 0 spiro atoms. The minimum absolute atomic E-state index is 0.0632. The van der Waals surface area contributed by atoms with Crippen molar-refractivity contribution in [2.45, 2.75) is 361 Å². The van der Waals surface area contributed by atoms with Gasteiger partial charge in [-0.2, -0.15) is 0 Å². The van der Waals surface area contributed by atoms with Crippen molar-refractivity contribution in [1.29, 1.82) is 0 Å². The molecule has 0 fully saturated rings. The third kappa shape index (κ3) is 56.9. The fourth-order valence-electron chi connectivity index (χ4n) is 9.56. The van der Waals surface area contributed by atoms with Crippen LogP contribution in [0.3, 0.4) is 0 Å². The summed E-state index contributed by atoms with van der Waals surface area (Å²) in [6.07, 6.45) is 68.0. The Hall–Kier alpha value is -1.85. The van der Waals surface area contributed by atoms with Gasteiger partial charge in [-0.05, 0) is 44.9 Å². The lowest BCUT2D eigenvalue weighted by molar-refractivity contribution is -0.167. The van der Waals surface area contributed by atoms with Crippen LogP contribution in [0.2, 0.25) is 0 Å². The van der Waals surface area contributed by atoms with Gasteiger partial charge < -0.3 is 14.2 Å². The van der Waals surface area contributed by atoms with E-state index >= 15 is 0 Å². The lowest BCUT2D eigenvalue weighted by Gasteiger charge is -2.18. The van der Waals surface area contributed by atoms with Crippen LogP contribution >= 0.6 is 0 Å². The van der Waals surface area contributed by atoms with E-state index in [1.54, 1.807) is 0 Å². The number of rotatable bonds is 58. The van der Waals surface area contributed by atoms with Gasteiger partial charge in [0.1, 0.15) is 13.2 Å². The fraction of sp³-hybridized carbons (Fsp3) is 0.921. The molecule has 0 N–H and O–H groups in total. The SMILES string of the molecule is CCCCCCCCCC/C=C\CCCCCCCCCCCCCCCCCC(=O)OCC(COC(=O)CCCCCCCCCCCCCC)OC(=O)CCCCCCCCCCCCCC. The zero-order valence-electron chi connectivity index (χ0n) is 46.9. The number of carbonyl (C=O) groups excluding carboxylic acids is 3. The Morgan fingerprint density at radius 2 is 0.478 bits per heavy atom. The average molecular weight is 974 g/mol. The van der Waals surface area contributed by atoms with Gasteiger partial charge in [0.15, 0.2) is 6.10 Å². The lowest BCUT2D eigenvalue weighted by Crippen LogP contribution is -2.30. The van der Waals surface area contributed by atoms with E-state index in [0.29, 0.717) is 19.3 Å². The van der Waals surface area contributed by atoms with Crippen LogP contribution in [0.5, 0.6) is 0 Å². The van der Waals surface area contributed by atoms with E-state index in [0.717, 1.165) is 57.8 Å². The number of unbranched alkanes of at least 4 members (excludes halogenated alkanes) is 45. The molecule has 0 amide bonds. The molecule has 0 saturated heterocycles. The van der Waals surface area contributed by atoms with Crippen LogP contribution in [0.25, 0.3) is 0 Å². The number of allylic oxidation sites excluding steroid dienone is 2. The first-order chi connectivity index (χ1) is 34.0. The summed E-state index contributed by atoms with van der Waals surface area (Å²) >= 11 is 0. The van der Waals surface area contributed by atoms with Crippen LogP contribution in [0.15, 0.2) is 12.2 Å². The van der Waals surface area contributed by atoms with Crippen molar-refractivity contribution in [2.24, 2.45) is 0 Å². The van der Waals surface area contributed by atoms with Gasteiger partial charge >= 0.3 is 17.9 Å². The Morgan fingerprint density at radius 1 is 0.275 bits per heavy atom. The van der Waals surface area contributed by atoms with Crippen molar-refractivity contribution in [2.75, 3.05) is 13.2 Å². The first-order valence-electron chi connectivity index (χ1n) is 31.2. The highest BCUT2D eigenvalue weighted by Crippen LogP contribution is 2.18. The second-order valence-electron chi connectivity index (χ2n) is 21.3. The van der Waals surface area contributed by atoms with Crippen LogP contribution in [0.4, 0.5) is 0 Å². The minimum atomic E-state index is -0.763. The van der Waals surface area contributed by atoms with E-state index in [-0.39, 0.29) is 31.1 Å². The molecule has 0 aromatic rings. The molecule has 0 radical (unpaired) electrons. The van der Waals surface area contributed by atoms with Crippen molar-refractivity contribution >= 4 is 17.9 Å². The van der Waals surface area contributed by atoms with Crippen LogP contribution in [-0.2, 0) is 28.6 Å². The lowest BCUT2D eigenvalue weighted by atomic mass is 10.0. The van der Waals surface area contributed by atoms with Gasteiger partial charge in [-0.25, -0.2) is 0 Å². The first-order valence-corrected chi connectivity index (χ1v) is 31.2. The smallest absolute Gasteiger partial charge is 0.306 e. The van der Waals surface area contributed by atoms with Gasteiger partial charge in [0.05, 0.1) is 0 Å². The molecular weight excluding hydrogens is 853 g/mol. The van der Waals surface area contributed by atoms with Crippen LogP contribution in [0, 0.1) is 0 Å². The molecule has 1 atom stereocenters. The molecule has 0 heterocycles. The molecule has 0 aliphatic heterocycles. The summed E-state index contributed by atoms with van der Waals surface area (Å²) in [7, 11) is 0. The summed E-state index contributed by atoms with van der Waals surface area (Å²) in [6, 6.07) is 0. The Labute approximate surface area is 431 Å². The molecule has 408 valence electrons. The Bertz CT molecular complexity index is 1070. The molecule has 1 unspecified atom stereocenters. The van der Waals surface area contributed by atoms with Crippen LogP contribution < -0.4 is 0 Å². The fourth-order valence-corrected chi connectivity index (χ4v) is 9.56. The minimum Gasteiger partial charge on any atom is -0.462 e. The third-order valence-electron chi connectivity index (χ3n) is 14.3. The maximum absolute atomic E-state index is 12.8. The molecule has 0 aromatic carbocycles. The molecule has 69 heavy (non-hydrogen) atoms. The van der Waals surface area contributed by atoms with Crippen LogP contribution in [-0.4, -0.2) is 37.2 Å². The number of hydrogen-bond donors (Lipinski definition) is 0. The van der Waals surface area contributed by atoms with Crippen molar-refractivity contribution < 1.29 is 28.6 Å². The zero-order valence-corrected chi connectivity index (χ0v) is 46.9. The quantitative estimate of drug-likeness (QED) is 0.0261. The van der Waals surface area contributed by atoms with Crippen LogP contribution in [0.1, 0.15) is 355 Å². The average Bonchev–Trinajstić information content (AvgIpc) is 3.35. The van der Waals surface area contributed by atoms with E-state index in [2.05, 4.69) is 32.9 Å². The zero-order chi connectivity index (χ0) is 50.0. The number of carbonyl (C=O) groups is 3. The highest BCUT2D eigenvalue weighted by Gasteiger charge is 2.19. The normalized spacial score (nSPS) is 12.0. The van der Waals surface area contributed by atoms with Crippen molar-refractivity contribution in [1.82, 2.24) is 0 Å². The van der Waals surface area contributed by atoms with E-state index < -0.39 is 6.10 Å². The summed E-state index contributed by atoms with van der Waals surface area (Å²) in [4.78, 5) is 38.1. The molecule has 0 aliphatic rings. The Kier molecular flexibility index (Phi) is 57.1. The molecule has 0 rings (SSSR count). The predicted molar refractivity (Wildman–Crippen MR) is 298 cm³/mol. The van der Waals surface area contributed by atoms with Crippen molar-refractivity contribution in [3.05, 3.63) is 12.2 Å². The topological polar surface area (TPSA) is 78.9 Å². The highest BCUT2D eigenvalue weighted by molar-refractivity contribution is 5.71. The maximum atomic E-state index is 12.8. The summed E-state index contributed by atoms with van der Waals surface area (Å²) in [5.74, 6) is -0.838. The highest BCUT2D eigenvalue weighted by atomic mass is 16.6.